The number of fused-ring (bicyclic) bond motifs is 1. The van der Waals surface area contributed by atoms with Crippen LogP contribution in [0.15, 0.2) is 97.1 Å². The van der Waals surface area contributed by atoms with Gasteiger partial charge in [-0.3, -0.25) is 9.36 Å². The van der Waals surface area contributed by atoms with Crippen LogP contribution in [0.25, 0.3) is 33.5 Å². The molecule has 0 unspecified atom stereocenters. The smallest absolute Gasteiger partial charge is 0.297 e. The average molecular weight is 530 g/mol. The first-order valence-corrected chi connectivity index (χ1v) is 13.1. The molecule has 0 aliphatic heterocycles. The fourth-order valence-corrected chi connectivity index (χ4v) is 4.69. The zero-order valence-corrected chi connectivity index (χ0v) is 21.9. The lowest BCUT2D eigenvalue weighted by molar-refractivity contribution is 0.0952. The number of carbonyl (C=O) groups is 1. The Hall–Kier alpha value is -5.31. The van der Waals surface area contributed by atoms with Crippen molar-refractivity contribution in [2.45, 2.75) is 20.0 Å². The Morgan fingerprint density at radius 3 is 2.27 bits per heavy atom. The van der Waals surface area contributed by atoms with E-state index in [0.717, 1.165) is 33.3 Å². The van der Waals surface area contributed by atoms with Gasteiger partial charge in [0, 0.05) is 12.1 Å². The molecule has 9 heteroatoms. The molecule has 1 amide bonds. The van der Waals surface area contributed by atoms with Gasteiger partial charge >= 0.3 is 0 Å². The average Bonchev–Trinajstić information content (AvgIpc) is 3.66. The third-order valence-corrected chi connectivity index (χ3v) is 6.66. The van der Waals surface area contributed by atoms with Gasteiger partial charge in [-0.25, -0.2) is 0 Å². The van der Waals surface area contributed by atoms with Gasteiger partial charge < -0.3 is 10.1 Å². The van der Waals surface area contributed by atoms with E-state index in [1.807, 2.05) is 84.3 Å². The van der Waals surface area contributed by atoms with Crippen molar-refractivity contribution in [3.05, 3.63) is 114 Å². The summed E-state index contributed by atoms with van der Waals surface area (Å²) in [6, 6.07) is 32.3. The third kappa shape index (κ3) is 5.17. The second-order valence-electron chi connectivity index (χ2n) is 9.26. The fraction of sp³-hybridized carbons (Fsp3) is 0.129. The van der Waals surface area contributed by atoms with Gasteiger partial charge in [0.1, 0.15) is 0 Å². The highest BCUT2D eigenvalue weighted by molar-refractivity contribution is 6.05. The zero-order valence-electron chi connectivity index (χ0n) is 21.9. The SMILES string of the molecule is CCOc1nc2cccc(C(=O)NCc3ccccc3)c2n1Cc1ccc(-c2ccc(-c3nn[nH]n3)cc2)cc1. The van der Waals surface area contributed by atoms with E-state index in [9.17, 15) is 4.79 Å². The van der Waals surface area contributed by atoms with Crippen molar-refractivity contribution in [3.8, 4) is 28.5 Å². The maximum Gasteiger partial charge on any atom is 0.297 e. The number of nitrogens with zero attached hydrogens (tertiary/aromatic N) is 5. The number of amides is 1. The molecule has 40 heavy (non-hydrogen) atoms. The quantitative estimate of drug-likeness (QED) is 0.264. The summed E-state index contributed by atoms with van der Waals surface area (Å²) in [4.78, 5) is 18.0. The van der Waals surface area contributed by atoms with E-state index in [0.29, 0.717) is 42.6 Å². The van der Waals surface area contributed by atoms with Crippen LogP contribution in [0.5, 0.6) is 6.01 Å². The van der Waals surface area contributed by atoms with Crippen molar-refractivity contribution in [1.82, 2.24) is 35.5 Å². The Balaban J connectivity index is 1.27. The molecule has 2 aromatic heterocycles. The van der Waals surface area contributed by atoms with E-state index in [1.54, 1.807) is 0 Å². The van der Waals surface area contributed by atoms with Gasteiger partial charge in [0.05, 0.1) is 29.7 Å². The number of H-pyrrole nitrogens is 1. The van der Waals surface area contributed by atoms with Crippen molar-refractivity contribution >= 4 is 16.9 Å². The molecule has 6 aromatic rings. The fourth-order valence-electron chi connectivity index (χ4n) is 4.69. The topological polar surface area (TPSA) is 111 Å². The summed E-state index contributed by atoms with van der Waals surface area (Å²) in [5.41, 5.74) is 7.19. The van der Waals surface area contributed by atoms with E-state index < -0.39 is 0 Å². The van der Waals surface area contributed by atoms with Crippen LogP contribution in [0.3, 0.4) is 0 Å². The van der Waals surface area contributed by atoms with E-state index in [4.69, 9.17) is 9.72 Å². The Morgan fingerprint density at radius 2 is 1.57 bits per heavy atom. The monoisotopic (exact) mass is 529 g/mol. The van der Waals surface area contributed by atoms with Gasteiger partial charge in [-0.05, 0) is 46.5 Å². The minimum Gasteiger partial charge on any atom is -0.465 e. The minimum atomic E-state index is -0.154. The summed E-state index contributed by atoms with van der Waals surface area (Å²) in [5.74, 6) is 0.408. The Morgan fingerprint density at radius 1 is 0.850 bits per heavy atom. The number of hydrogen-bond donors (Lipinski definition) is 2. The first kappa shape index (κ1) is 25.0. The first-order valence-electron chi connectivity index (χ1n) is 13.1. The number of tetrazole rings is 1. The summed E-state index contributed by atoms with van der Waals surface area (Å²) in [6.45, 7) is 3.35. The van der Waals surface area contributed by atoms with E-state index in [2.05, 4.69) is 50.2 Å². The summed E-state index contributed by atoms with van der Waals surface area (Å²) < 4.78 is 7.87. The van der Waals surface area contributed by atoms with Crippen LogP contribution in [-0.4, -0.2) is 42.7 Å². The molecule has 0 atom stereocenters. The zero-order chi connectivity index (χ0) is 27.3. The van der Waals surface area contributed by atoms with Gasteiger partial charge in [-0.2, -0.15) is 10.2 Å². The molecular weight excluding hydrogens is 502 g/mol. The summed E-state index contributed by atoms with van der Waals surface area (Å²) >= 11 is 0. The van der Waals surface area contributed by atoms with Gasteiger partial charge in [-0.1, -0.05) is 84.9 Å². The molecule has 0 aliphatic rings. The second-order valence-corrected chi connectivity index (χ2v) is 9.26. The lowest BCUT2D eigenvalue weighted by Gasteiger charge is -2.13. The molecule has 6 rings (SSSR count). The van der Waals surface area contributed by atoms with Crippen LogP contribution in [-0.2, 0) is 13.1 Å². The van der Waals surface area contributed by atoms with Gasteiger partial charge in [0.2, 0.25) is 5.82 Å². The van der Waals surface area contributed by atoms with Crippen molar-refractivity contribution in [2.24, 2.45) is 0 Å². The Bertz CT molecular complexity index is 1730. The lowest BCUT2D eigenvalue weighted by atomic mass is 10.0. The normalized spacial score (nSPS) is 11.0. The maximum atomic E-state index is 13.3. The number of benzene rings is 4. The van der Waals surface area contributed by atoms with E-state index in [1.165, 1.54) is 0 Å². The maximum absolute atomic E-state index is 13.3. The van der Waals surface area contributed by atoms with Crippen molar-refractivity contribution in [1.29, 1.82) is 0 Å². The summed E-state index contributed by atoms with van der Waals surface area (Å²) in [6.07, 6.45) is 0. The molecular formula is C31H27N7O2. The molecule has 0 fully saturated rings. The van der Waals surface area contributed by atoms with Gasteiger partial charge in [-0.15, -0.1) is 10.2 Å². The second kappa shape index (κ2) is 11.2. The molecule has 0 saturated carbocycles. The molecule has 0 saturated heterocycles. The number of para-hydroxylation sites is 1. The van der Waals surface area contributed by atoms with Crippen molar-refractivity contribution in [2.75, 3.05) is 6.61 Å². The molecule has 0 spiro atoms. The predicted octanol–water partition coefficient (Wildman–Crippen LogP) is 5.26. The summed E-state index contributed by atoms with van der Waals surface area (Å²) in [7, 11) is 0. The number of rotatable bonds is 9. The van der Waals surface area contributed by atoms with Crippen LogP contribution in [0.1, 0.15) is 28.4 Å². The lowest BCUT2D eigenvalue weighted by Crippen LogP contribution is -2.23. The molecule has 2 N–H and O–H groups in total. The van der Waals surface area contributed by atoms with Crippen LogP contribution in [0, 0.1) is 0 Å². The van der Waals surface area contributed by atoms with Crippen LogP contribution in [0.2, 0.25) is 0 Å². The predicted molar refractivity (Wildman–Crippen MR) is 153 cm³/mol. The molecule has 198 valence electrons. The highest BCUT2D eigenvalue weighted by atomic mass is 16.5. The number of aromatic nitrogens is 6. The number of ether oxygens (including phenoxy) is 1. The molecule has 4 aromatic carbocycles. The number of carbonyl (C=O) groups excluding carboxylic acids is 1. The standard InChI is InChI=1S/C31H27N7O2/c1-2-40-31-33-27-10-6-9-26(30(39)32-19-21-7-4-3-5-8-21)28(27)38(31)20-22-11-13-23(14-12-22)24-15-17-25(18-16-24)29-34-36-37-35-29/h3-18H,2,19-20H2,1H3,(H,32,39)(H,34,35,36,37). The molecule has 0 aliphatic carbocycles. The molecule has 2 heterocycles. The summed E-state index contributed by atoms with van der Waals surface area (Å²) in [5, 5.41) is 17.2. The minimum absolute atomic E-state index is 0.154. The van der Waals surface area contributed by atoms with Gasteiger partial charge in [0.15, 0.2) is 0 Å². The molecule has 0 radical (unpaired) electrons. The highest BCUT2D eigenvalue weighted by Gasteiger charge is 2.19. The van der Waals surface area contributed by atoms with Crippen LogP contribution < -0.4 is 10.1 Å². The molecule has 9 nitrogen and oxygen atoms in total. The largest absolute Gasteiger partial charge is 0.465 e. The van der Waals surface area contributed by atoms with Crippen molar-refractivity contribution < 1.29 is 9.53 Å². The van der Waals surface area contributed by atoms with Crippen LogP contribution in [0.4, 0.5) is 0 Å². The van der Waals surface area contributed by atoms with E-state index >= 15 is 0 Å². The van der Waals surface area contributed by atoms with Gasteiger partial charge in [0.25, 0.3) is 11.9 Å². The van der Waals surface area contributed by atoms with E-state index in [-0.39, 0.29) is 5.91 Å². The van der Waals surface area contributed by atoms with Crippen LogP contribution >= 0.6 is 0 Å². The van der Waals surface area contributed by atoms with Crippen molar-refractivity contribution in [3.63, 3.8) is 0 Å². The Kier molecular flexibility index (Phi) is 7.00. The number of imidazole rings is 1. The number of hydrogen-bond acceptors (Lipinski definition) is 6. The molecule has 0 bridgehead atoms. The third-order valence-electron chi connectivity index (χ3n) is 6.66. The Labute approximate surface area is 230 Å². The number of aromatic amines is 1. The highest BCUT2D eigenvalue weighted by Crippen LogP contribution is 2.28. The first-order chi connectivity index (χ1) is 19.7. The number of nitrogens with one attached hydrogen (secondary N) is 2.